The molecule has 0 spiro atoms. The number of rotatable bonds is 7. The van der Waals surface area contributed by atoms with Crippen molar-refractivity contribution in [2.24, 2.45) is 0 Å². The molecule has 7 heteroatoms. The molecular formula is C24H33N3O3S. The van der Waals surface area contributed by atoms with E-state index in [0.717, 1.165) is 12.0 Å². The van der Waals surface area contributed by atoms with E-state index in [1.807, 2.05) is 43.9 Å². The molecular weight excluding hydrogens is 410 g/mol. The van der Waals surface area contributed by atoms with Gasteiger partial charge in [-0.1, -0.05) is 30.3 Å². The summed E-state index contributed by atoms with van der Waals surface area (Å²) >= 11 is 1.75. The van der Waals surface area contributed by atoms with Crippen LogP contribution < -0.4 is 5.32 Å². The van der Waals surface area contributed by atoms with Crippen molar-refractivity contribution in [1.29, 1.82) is 0 Å². The maximum atomic E-state index is 13.5. The molecule has 0 fully saturated rings. The van der Waals surface area contributed by atoms with E-state index in [2.05, 4.69) is 28.9 Å². The maximum Gasteiger partial charge on any atom is 0.318 e. The number of ether oxygens (including phenoxy) is 1. The molecule has 1 aliphatic heterocycles. The molecule has 0 radical (unpaired) electrons. The fourth-order valence-electron chi connectivity index (χ4n) is 3.89. The second kappa shape index (κ2) is 10.3. The molecule has 31 heavy (non-hydrogen) atoms. The number of carbonyl (C=O) groups excluding carboxylic acids is 2. The molecule has 0 saturated carbocycles. The second-order valence-electron chi connectivity index (χ2n) is 8.90. The van der Waals surface area contributed by atoms with Crippen molar-refractivity contribution in [3.05, 3.63) is 57.8 Å². The van der Waals surface area contributed by atoms with Crippen LogP contribution in [0, 0.1) is 0 Å². The Kier molecular flexibility index (Phi) is 7.73. The maximum absolute atomic E-state index is 13.5. The van der Waals surface area contributed by atoms with Crippen LogP contribution in [-0.4, -0.2) is 60.6 Å². The Bertz CT molecular complexity index is 876. The van der Waals surface area contributed by atoms with E-state index in [0.29, 0.717) is 26.1 Å². The topological polar surface area (TPSA) is 61.9 Å². The zero-order chi connectivity index (χ0) is 22.4. The predicted molar refractivity (Wildman–Crippen MR) is 124 cm³/mol. The van der Waals surface area contributed by atoms with Gasteiger partial charge in [-0.2, -0.15) is 0 Å². The number of thiophene rings is 1. The average molecular weight is 444 g/mol. The van der Waals surface area contributed by atoms with Gasteiger partial charge in [0.05, 0.1) is 6.04 Å². The Morgan fingerprint density at radius 3 is 2.65 bits per heavy atom. The number of nitrogens with zero attached hydrogens (tertiary/aromatic N) is 2. The molecule has 0 saturated heterocycles. The van der Waals surface area contributed by atoms with Gasteiger partial charge in [0.2, 0.25) is 5.91 Å². The lowest BCUT2D eigenvalue weighted by Crippen LogP contribution is -2.53. The smallest absolute Gasteiger partial charge is 0.318 e. The average Bonchev–Trinajstić information content (AvgIpc) is 3.20. The zero-order valence-electron chi connectivity index (χ0n) is 18.9. The molecule has 3 amide bonds. The fourth-order valence-corrected chi connectivity index (χ4v) is 4.79. The number of methoxy groups -OCH3 is 1. The summed E-state index contributed by atoms with van der Waals surface area (Å²) in [6, 6.07) is 11.9. The first kappa shape index (κ1) is 23.3. The van der Waals surface area contributed by atoms with Crippen LogP contribution in [0.25, 0.3) is 0 Å². The van der Waals surface area contributed by atoms with E-state index < -0.39 is 0 Å². The van der Waals surface area contributed by atoms with Crippen LogP contribution in [0.5, 0.6) is 0 Å². The summed E-state index contributed by atoms with van der Waals surface area (Å²) < 4.78 is 5.15. The first-order chi connectivity index (χ1) is 14.8. The Hall–Kier alpha value is -2.38. The SMILES string of the molecule is COCCCN(CC(=O)N1CCc2sccc2C1c1ccccc1)C(=O)NC(C)(C)C. The predicted octanol–water partition coefficient (Wildman–Crippen LogP) is 4.07. The van der Waals surface area contributed by atoms with Crippen LogP contribution in [0.15, 0.2) is 41.8 Å². The molecule has 1 unspecified atom stereocenters. The first-order valence-electron chi connectivity index (χ1n) is 10.8. The number of benzene rings is 1. The lowest BCUT2D eigenvalue weighted by atomic mass is 9.93. The summed E-state index contributed by atoms with van der Waals surface area (Å²) in [6.45, 7) is 7.53. The number of nitrogens with one attached hydrogen (secondary N) is 1. The molecule has 1 aliphatic rings. The Morgan fingerprint density at radius 1 is 1.23 bits per heavy atom. The lowest BCUT2D eigenvalue weighted by Gasteiger charge is -2.38. The second-order valence-corrected chi connectivity index (χ2v) is 9.90. The first-order valence-corrected chi connectivity index (χ1v) is 11.6. The van der Waals surface area contributed by atoms with Gasteiger partial charge < -0.3 is 19.9 Å². The van der Waals surface area contributed by atoms with Crippen LogP contribution in [0.4, 0.5) is 4.79 Å². The van der Waals surface area contributed by atoms with E-state index in [1.165, 1.54) is 10.4 Å². The highest BCUT2D eigenvalue weighted by Crippen LogP contribution is 2.37. The molecule has 1 aromatic heterocycles. The van der Waals surface area contributed by atoms with E-state index in [1.54, 1.807) is 23.3 Å². The highest BCUT2D eigenvalue weighted by Gasteiger charge is 2.34. The Morgan fingerprint density at radius 2 is 1.97 bits per heavy atom. The summed E-state index contributed by atoms with van der Waals surface area (Å²) in [6.07, 6.45) is 1.53. The third kappa shape index (κ3) is 6.08. The van der Waals surface area contributed by atoms with Gasteiger partial charge >= 0.3 is 6.03 Å². The summed E-state index contributed by atoms with van der Waals surface area (Å²) in [4.78, 5) is 31.3. The summed E-state index contributed by atoms with van der Waals surface area (Å²) in [5, 5.41) is 5.09. The largest absolute Gasteiger partial charge is 0.385 e. The van der Waals surface area contributed by atoms with Crippen molar-refractivity contribution >= 4 is 23.3 Å². The molecule has 6 nitrogen and oxygen atoms in total. The minimum atomic E-state index is -0.372. The zero-order valence-corrected chi connectivity index (χ0v) is 19.7. The summed E-state index contributed by atoms with van der Waals surface area (Å²) in [7, 11) is 1.64. The van der Waals surface area contributed by atoms with Crippen molar-refractivity contribution in [1.82, 2.24) is 15.1 Å². The van der Waals surface area contributed by atoms with Crippen LogP contribution in [0.1, 0.15) is 49.2 Å². The van der Waals surface area contributed by atoms with E-state index in [9.17, 15) is 9.59 Å². The molecule has 0 aliphatic carbocycles. The van der Waals surface area contributed by atoms with Crippen molar-refractivity contribution < 1.29 is 14.3 Å². The lowest BCUT2D eigenvalue weighted by molar-refractivity contribution is -0.134. The van der Waals surface area contributed by atoms with Crippen molar-refractivity contribution in [3.8, 4) is 0 Å². The van der Waals surface area contributed by atoms with E-state index >= 15 is 0 Å². The van der Waals surface area contributed by atoms with E-state index in [-0.39, 0.29) is 30.1 Å². The number of urea groups is 1. The quantitative estimate of drug-likeness (QED) is 0.656. The number of carbonyl (C=O) groups is 2. The number of hydrogen-bond donors (Lipinski definition) is 1. The van der Waals surface area contributed by atoms with E-state index in [4.69, 9.17) is 4.74 Å². The van der Waals surface area contributed by atoms with Gasteiger partial charge in [-0.05, 0) is 56.2 Å². The van der Waals surface area contributed by atoms with Crippen LogP contribution >= 0.6 is 11.3 Å². The Balaban J connectivity index is 1.81. The molecule has 168 valence electrons. The summed E-state index contributed by atoms with van der Waals surface area (Å²) in [5.74, 6) is -0.0350. The minimum Gasteiger partial charge on any atom is -0.385 e. The molecule has 3 rings (SSSR count). The number of amides is 3. The molecule has 0 bridgehead atoms. The van der Waals surface area contributed by atoms with Gasteiger partial charge in [-0.15, -0.1) is 11.3 Å². The fraction of sp³-hybridized carbons (Fsp3) is 0.500. The normalized spacial score (nSPS) is 16.0. The molecule has 1 atom stereocenters. The van der Waals surface area contributed by atoms with Gasteiger partial charge in [-0.3, -0.25) is 4.79 Å². The highest BCUT2D eigenvalue weighted by atomic mass is 32.1. The highest BCUT2D eigenvalue weighted by molar-refractivity contribution is 7.10. The van der Waals surface area contributed by atoms with Gasteiger partial charge in [0, 0.05) is 37.2 Å². The van der Waals surface area contributed by atoms with Crippen LogP contribution in [-0.2, 0) is 16.0 Å². The van der Waals surface area contributed by atoms with Gasteiger partial charge in [0.1, 0.15) is 6.54 Å². The standard InChI is InChI=1S/C24H33N3O3S/c1-24(2,3)25-23(29)26(13-8-15-30-4)17-21(28)27-14-11-20-19(12-16-31-20)22(27)18-9-6-5-7-10-18/h5-7,9-10,12,16,22H,8,11,13-15,17H2,1-4H3,(H,25,29). The molecule has 2 aromatic rings. The van der Waals surface area contributed by atoms with Crippen LogP contribution in [0.2, 0.25) is 0 Å². The molecule has 2 heterocycles. The van der Waals surface area contributed by atoms with Crippen molar-refractivity contribution in [2.45, 2.75) is 45.2 Å². The molecule has 1 aromatic carbocycles. The monoisotopic (exact) mass is 443 g/mol. The Labute approximate surface area is 189 Å². The van der Waals surface area contributed by atoms with Crippen molar-refractivity contribution in [3.63, 3.8) is 0 Å². The minimum absolute atomic E-state index is 0.0350. The number of hydrogen-bond acceptors (Lipinski definition) is 4. The summed E-state index contributed by atoms with van der Waals surface area (Å²) in [5.41, 5.74) is 1.92. The number of fused-ring (bicyclic) bond motifs is 1. The van der Waals surface area contributed by atoms with Gasteiger partial charge in [-0.25, -0.2) is 4.79 Å². The third-order valence-electron chi connectivity index (χ3n) is 5.27. The third-order valence-corrected chi connectivity index (χ3v) is 6.27. The van der Waals surface area contributed by atoms with Gasteiger partial charge in [0.25, 0.3) is 0 Å². The molecule has 1 N–H and O–H groups in total. The van der Waals surface area contributed by atoms with Crippen molar-refractivity contribution in [2.75, 3.05) is 33.4 Å². The van der Waals surface area contributed by atoms with Gasteiger partial charge in [0.15, 0.2) is 0 Å². The van der Waals surface area contributed by atoms with Crippen LogP contribution in [0.3, 0.4) is 0 Å².